The monoisotopic (exact) mass is 332 g/mol. The van der Waals surface area contributed by atoms with Crippen molar-refractivity contribution in [2.24, 2.45) is 0 Å². The average molecular weight is 333 g/mol. The summed E-state index contributed by atoms with van der Waals surface area (Å²) in [5, 5.41) is 3.01. The number of hydrogen-bond donors (Lipinski definition) is 1. The number of alkyl halides is 3. The number of likely N-dealkylation sites (N-methyl/N-ethyl adjacent to an activating group) is 1. The third-order valence-corrected chi connectivity index (χ3v) is 2.84. The lowest BCUT2D eigenvalue weighted by Crippen LogP contribution is -2.28. The molecule has 1 N–H and O–H groups in total. The third-order valence-electron chi connectivity index (χ3n) is 2.84. The van der Waals surface area contributed by atoms with Crippen molar-refractivity contribution < 1.29 is 13.2 Å². The lowest BCUT2D eigenvalue weighted by Gasteiger charge is -2.18. The maximum absolute atomic E-state index is 12.5. The highest BCUT2D eigenvalue weighted by Crippen LogP contribution is 2.30. The Morgan fingerprint density at radius 2 is 1.70 bits per heavy atom. The van der Waals surface area contributed by atoms with Gasteiger partial charge in [0.2, 0.25) is 0 Å². The van der Waals surface area contributed by atoms with Crippen molar-refractivity contribution >= 4 is 30.5 Å². The second-order valence-electron chi connectivity index (χ2n) is 4.03. The van der Waals surface area contributed by atoms with Gasteiger partial charge in [0.05, 0.1) is 5.56 Å². The van der Waals surface area contributed by atoms with E-state index in [2.05, 4.69) is 24.1 Å². The summed E-state index contributed by atoms with van der Waals surface area (Å²) in [6, 6.07) is 5.29. The predicted molar refractivity (Wildman–Crippen MR) is 82.2 cm³/mol. The second-order valence-corrected chi connectivity index (χ2v) is 4.03. The molecule has 0 amide bonds. The van der Waals surface area contributed by atoms with Gasteiger partial charge in [-0.25, -0.2) is 0 Å². The van der Waals surface area contributed by atoms with Crippen LogP contribution < -0.4 is 5.32 Å². The Morgan fingerprint density at radius 1 is 1.10 bits per heavy atom. The molecule has 0 saturated heterocycles. The number of anilines is 1. The van der Waals surface area contributed by atoms with Crippen LogP contribution in [-0.4, -0.2) is 31.1 Å². The molecule has 0 aromatic heterocycles. The molecule has 0 saturated carbocycles. The van der Waals surface area contributed by atoms with E-state index in [1.807, 2.05) is 0 Å². The number of benzene rings is 1. The molecule has 1 aromatic carbocycles. The van der Waals surface area contributed by atoms with Gasteiger partial charge in [-0.15, -0.1) is 24.8 Å². The number of nitrogens with one attached hydrogen (secondary N) is 1. The molecule has 20 heavy (non-hydrogen) atoms. The summed E-state index contributed by atoms with van der Waals surface area (Å²) in [6.07, 6.45) is -4.28. The molecule has 118 valence electrons. The quantitative estimate of drug-likeness (QED) is 0.835. The van der Waals surface area contributed by atoms with E-state index in [4.69, 9.17) is 0 Å². The molecule has 0 aliphatic heterocycles. The summed E-state index contributed by atoms with van der Waals surface area (Å²) in [5.74, 6) is 0. The molecular formula is C13H21Cl2F3N2. The fourth-order valence-electron chi connectivity index (χ4n) is 1.70. The van der Waals surface area contributed by atoms with Gasteiger partial charge < -0.3 is 10.2 Å². The van der Waals surface area contributed by atoms with Crippen molar-refractivity contribution in [3.63, 3.8) is 0 Å². The zero-order valence-electron chi connectivity index (χ0n) is 11.5. The Hall–Kier alpha value is -0.650. The molecule has 0 unspecified atom stereocenters. The van der Waals surface area contributed by atoms with E-state index >= 15 is 0 Å². The number of rotatable bonds is 6. The molecule has 1 rings (SSSR count). The van der Waals surface area contributed by atoms with E-state index in [9.17, 15) is 13.2 Å². The van der Waals surface area contributed by atoms with E-state index in [0.29, 0.717) is 12.2 Å². The van der Waals surface area contributed by atoms with Gasteiger partial charge in [-0.1, -0.05) is 19.9 Å². The van der Waals surface area contributed by atoms with Gasteiger partial charge in [-0.05, 0) is 31.3 Å². The molecule has 0 fully saturated rings. The van der Waals surface area contributed by atoms with Crippen LogP contribution in [0.4, 0.5) is 18.9 Å². The number of halogens is 5. The molecule has 0 heterocycles. The zero-order valence-corrected chi connectivity index (χ0v) is 13.2. The lowest BCUT2D eigenvalue weighted by molar-refractivity contribution is -0.137. The summed E-state index contributed by atoms with van der Waals surface area (Å²) in [5.41, 5.74) is -0.104. The SMILES string of the molecule is CCN(CC)CCNc1cccc(C(F)(F)F)c1.Cl.Cl. The van der Waals surface area contributed by atoms with Crippen molar-refractivity contribution in [2.75, 3.05) is 31.5 Å². The molecule has 0 spiro atoms. The van der Waals surface area contributed by atoms with Gasteiger partial charge in [-0.2, -0.15) is 13.2 Å². The summed E-state index contributed by atoms with van der Waals surface area (Å²) in [7, 11) is 0. The Labute approximate surface area is 130 Å². The Bertz CT molecular complexity index is 369. The molecule has 1 aromatic rings. The summed E-state index contributed by atoms with van der Waals surface area (Å²) < 4.78 is 37.5. The first-order chi connectivity index (χ1) is 8.47. The molecule has 0 aliphatic carbocycles. The van der Waals surface area contributed by atoms with Crippen LogP contribution in [-0.2, 0) is 6.18 Å². The van der Waals surface area contributed by atoms with Gasteiger partial charge >= 0.3 is 6.18 Å². The zero-order chi connectivity index (χ0) is 13.6. The molecule has 0 aliphatic rings. The second kappa shape index (κ2) is 10.1. The van der Waals surface area contributed by atoms with Gasteiger partial charge in [-0.3, -0.25) is 0 Å². The average Bonchev–Trinajstić information content (AvgIpc) is 2.34. The first kappa shape index (κ1) is 21.6. The van der Waals surface area contributed by atoms with Crippen LogP contribution in [0.5, 0.6) is 0 Å². The van der Waals surface area contributed by atoms with E-state index in [0.717, 1.165) is 31.8 Å². The highest BCUT2D eigenvalue weighted by atomic mass is 35.5. The van der Waals surface area contributed by atoms with Crippen LogP contribution in [0.3, 0.4) is 0 Å². The van der Waals surface area contributed by atoms with E-state index in [-0.39, 0.29) is 24.8 Å². The lowest BCUT2D eigenvalue weighted by atomic mass is 10.2. The molecule has 0 radical (unpaired) electrons. The van der Waals surface area contributed by atoms with Crippen LogP contribution in [0, 0.1) is 0 Å². The maximum Gasteiger partial charge on any atom is 0.416 e. The van der Waals surface area contributed by atoms with Crippen LogP contribution >= 0.6 is 24.8 Å². The van der Waals surface area contributed by atoms with E-state index in [1.54, 1.807) is 6.07 Å². The minimum Gasteiger partial charge on any atom is -0.384 e. The Balaban J connectivity index is 0. The van der Waals surface area contributed by atoms with Crippen molar-refractivity contribution in [3.8, 4) is 0 Å². The first-order valence-corrected chi connectivity index (χ1v) is 6.10. The third kappa shape index (κ3) is 7.22. The highest BCUT2D eigenvalue weighted by Gasteiger charge is 2.30. The summed E-state index contributed by atoms with van der Waals surface area (Å²) in [6.45, 7) is 7.48. The molecule has 0 bridgehead atoms. The van der Waals surface area contributed by atoms with Gasteiger partial charge in [0, 0.05) is 18.8 Å². The minimum atomic E-state index is -4.28. The topological polar surface area (TPSA) is 15.3 Å². The predicted octanol–water partition coefficient (Wildman–Crippen LogP) is 4.30. The van der Waals surface area contributed by atoms with Crippen molar-refractivity contribution in [3.05, 3.63) is 29.8 Å². The van der Waals surface area contributed by atoms with Crippen LogP contribution in [0.25, 0.3) is 0 Å². The number of hydrogen-bond acceptors (Lipinski definition) is 2. The van der Waals surface area contributed by atoms with Gasteiger partial charge in [0.15, 0.2) is 0 Å². The largest absolute Gasteiger partial charge is 0.416 e. The maximum atomic E-state index is 12.5. The molecule has 2 nitrogen and oxygen atoms in total. The standard InChI is InChI=1S/C13H19F3N2.2ClH/c1-3-18(4-2)9-8-17-12-7-5-6-11(10-12)13(14,15)16;;/h5-7,10,17H,3-4,8-9H2,1-2H3;2*1H. The van der Waals surface area contributed by atoms with Gasteiger partial charge in [0.1, 0.15) is 0 Å². The molecule has 7 heteroatoms. The molecular weight excluding hydrogens is 312 g/mol. The Kier molecular flexibility index (Phi) is 11.0. The van der Waals surface area contributed by atoms with E-state index < -0.39 is 11.7 Å². The fraction of sp³-hybridized carbons (Fsp3) is 0.538. The van der Waals surface area contributed by atoms with Crippen molar-refractivity contribution in [1.29, 1.82) is 0 Å². The summed E-state index contributed by atoms with van der Waals surface area (Å²) >= 11 is 0. The van der Waals surface area contributed by atoms with E-state index in [1.165, 1.54) is 6.07 Å². The normalized spacial score (nSPS) is 10.7. The van der Waals surface area contributed by atoms with Crippen LogP contribution in [0.1, 0.15) is 19.4 Å². The van der Waals surface area contributed by atoms with Crippen molar-refractivity contribution in [1.82, 2.24) is 4.90 Å². The van der Waals surface area contributed by atoms with Gasteiger partial charge in [0.25, 0.3) is 0 Å². The smallest absolute Gasteiger partial charge is 0.384 e. The minimum absolute atomic E-state index is 0. The fourth-order valence-corrected chi connectivity index (χ4v) is 1.70. The summed E-state index contributed by atoms with van der Waals surface area (Å²) in [4.78, 5) is 2.21. The van der Waals surface area contributed by atoms with Crippen LogP contribution in [0.2, 0.25) is 0 Å². The Morgan fingerprint density at radius 3 is 2.20 bits per heavy atom. The highest BCUT2D eigenvalue weighted by molar-refractivity contribution is 5.85. The van der Waals surface area contributed by atoms with Crippen LogP contribution in [0.15, 0.2) is 24.3 Å². The first-order valence-electron chi connectivity index (χ1n) is 6.10. The molecule has 0 atom stereocenters. The number of nitrogens with zero attached hydrogens (tertiary/aromatic N) is 1. The van der Waals surface area contributed by atoms with Crippen molar-refractivity contribution in [2.45, 2.75) is 20.0 Å².